The van der Waals surface area contributed by atoms with Gasteiger partial charge in [0.05, 0.1) is 6.04 Å². The van der Waals surface area contributed by atoms with E-state index in [1.165, 1.54) is 22.3 Å². The number of rotatable bonds is 5. The van der Waals surface area contributed by atoms with E-state index in [9.17, 15) is 0 Å². The van der Waals surface area contributed by atoms with Crippen LogP contribution in [0.1, 0.15) is 41.0 Å². The monoisotopic (exact) mass is 269 g/mol. The van der Waals surface area contributed by atoms with Crippen LogP contribution >= 0.6 is 0 Å². The van der Waals surface area contributed by atoms with E-state index >= 15 is 0 Å². The summed E-state index contributed by atoms with van der Waals surface area (Å²) in [4.78, 5) is 8.79. The van der Waals surface area contributed by atoms with Gasteiger partial charge in [0.15, 0.2) is 0 Å². The van der Waals surface area contributed by atoms with Gasteiger partial charge in [-0.1, -0.05) is 24.6 Å². The predicted molar refractivity (Wildman–Crippen MR) is 82.8 cm³/mol. The van der Waals surface area contributed by atoms with Gasteiger partial charge in [-0.05, 0) is 56.5 Å². The molecule has 0 fully saturated rings. The van der Waals surface area contributed by atoms with Crippen molar-refractivity contribution in [2.24, 2.45) is 0 Å². The zero-order chi connectivity index (χ0) is 14.5. The second-order valence-electron chi connectivity index (χ2n) is 5.30. The summed E-state index contributed by atoms with van der Waals surface area (Å²) in [5.74, 6) is 0.869. The number of benzene rings is 1. The molecule has 1 N–H and O–H groups in total. The molecule has 0 radical (unpaired) electrons. The zero-order valence-electron chi connectivity index (χ0n) is 12.8. The number of hydrogen-bond acceptors (Lipinski definition) is 3. The topological polar surface area (TPSA) is 37.8 Å². The number of aromatic nitrogens is 2. The summed E-state index contributed by atoms with van der Waals surface area (Å²) in [5.41, 5.74) is 5.41. The third-order valence-electron chi connectivity index (χ3n) is 3.60. The summed E-state index contributed by atoms with van der Waals surface area (Å²) in [5, 5.41) is 3.49. The second kappa shape index (κ2) is 6.62. The first kappa shape index (κ1) is 14.7. The van der Waals surface area contributed by atoms with Crippen LogP contribution in [0.15, 0.2) is 30.6 Å². The van der Waals surface area contributed by atoms with Crippen LogP contribution in [-0.4, -0.2) is 16.5 Å². The summed E-state index contributed by atoms with van der Waals surface area (Å²) < 4.78 is 0. The van der Waals surface area contributed by atoms with Crippen molar-refractivity contribution < 1.29 is 0 Å². The van der Waals surface area contributed by atoms with E-state index in [-0.39, 0.29) is 6.04 Å². The Balaban J connectivity index is 2.30. The van der Waals surface area contributed by atoms with Crippen molar-refractivity contribution in [1.29, 1.82) is 0 Å². The minimum Gasteiger partial charge on any atom is -0.307 e. The Bertz CT molecular complexity index is 541. The summed E-state index contributed by atoms with van der Waals surface area (Å²) in [6, 6.07) is 6.52. The van der Waals surface area contributed by atoms with Gasteiger partial charge in [-0.3, -0.25) is 0 Å². The first-order valence-corrected chi connectivity index (χ1v) is 7.18. The maximum absolute atomic E-state index is 4.40. The van der Waals surface area contributed by atoms with Crippen LogP contribution < -0.4 is 5.32 Å². The van der Waals surface area contributed by atoms with Crippen LogP contribution in [0.4, 0.5) is 0 Å². The van der Waals surface area contributed by atoms with E-state index in [2.05, 4.69) is 55.1 Å². The molecule has 2 aromatic rings. The number of hydrogen-bond donors (Lipinski definition) is 1. The fourth-order valence-electron chi connectivity index (χ4n) is 2.73. The minimum absolute atomic E-state index is 0.168. The van der Waals surface area contributed by atoms with Gasteiger partial charge in [0.2, 0.25) is 0 Å². The molecule has 1 unspecified atom stereocenters. The highest BCUT2D eigenvalue weighted by Gasteiger charge is 2.16. The molecule has 1 heterocycles. The highest BCUT2D eigenvalue weighted by molar-refractivity contribution is 5.38. The summed E-state index contributed by atoms with van der Waals surface area (Å²) >= 11 is 0. The molecule has 1 atom stereocenters. The first-order chi connectivity index (χ1) is 9.61. The van der Waals surface area contributed by atoms with Gasteiger partial charge in [0.25, 0.3) is 0 Å². The molecule has 0 spiro atoms. The van der Waals surface area contributed by atoms with Gasteiger partial charge in [0.1, 0.15) is 5.82 Å². The maximum Gasteiger partial charge on any atom is 0.145 e. The molecular weight excluding hydrogens is 246 g/mol. The lowest BCUT2D eigenvalue weighted by atomic mass is 9.94. The lowest BCUT2D eigenvalue weighted by Gasteiger charge is -2.19. The zero-order valence-corrected chi connectivity index (χ0v) is 12.8. The molecular formula is C17H23N3. The van der Waals surface area contributed by atoms with Gasteiger partial charge in [0, 0.05) is 12.4 Å². The number of likely N-dealkylation sites (N-methyl/N-ethyl adjacent to an activating group) is 1. The van der Waals surface area contributed by atoms with E-state index < -0.39 is 0 Å². The Kier molecular flexibility index (Phi) is 4.85. The van der Waals surface area contributed by atoms with Gasteiger partial charge in [-0.2, -0.15) is 0 Å². The fourth-order valence-corrected chi connectivity index (χ4v) is 2.73. The van der Waals surface area contributed by atoms with E-state index in [0.29, 0.717) is 0 Å². The molecule has 0 saturated heterocycles. The largest absolute Gasteiger partial charge is 0.307 e. The van der Waals surface area contributed by atoms with E-state index in [0.717, 1.165) is 18.8 Å². The predicted octanol–water partition coefficient (Wildman–Crippen LogP) is 3.30. The molecule has 3 heteroatoms. The Morgan fingerprint density at radius 2 is 1.65 bits per heavy atom. The molecule has 2 rings (SSSR count). The molecule has 3 nitrogen and oxygen atoms in total. The molecule has 0 aliphatic heterocycles. The normalized spacial score (nSPS) is 12.4. The Morgan fingerprint density at radius 1 is 1.05 bits per heavy atom. The van der Waals surface area contributed by atoms with Crippen LogP contribution in [-0.2, 0) is 6.42 Å². The van der Waals surface area contributed by atoms with Crippen LogP contribution in [0.5, 0.6) is 0 Å². The van der Waals surface area contributed by atoms with Gasteiger partial charge in [-0.15, -0.1) is 0 Å². The van der Waals surface area contributed by atoms with Gasteiger partial charge >= 0.3 is 0 Å². The van der Waals surface area contributed by atoms with Crippen LogP contribution in [0, 0.1) is 20.8 Å². The average molecular weight is 269 g/mol. The maximum atomic E-state index is 4.40. The summed E-state index contributed by atoms with van der Waals surface area (Å²) in [7, 11) is 0. The van der Waals surface area contributed by atoms with Gasteiger partial charge in [-0.25, -0.2) is 9.97 Å². The molecule has 0 amide bonds. The SMILES string of the molecule is CCNC(Cc1c(C)cc(C)cc1C)c1ncccn1. The highest BCUT2D eigenvalue weighted by Crippen LogP contribution is 2.22. The van der Waals surface area contributed by atoms with Crippen molar-refractivity contribution in [1.82, 2.24) is 15.3 Å². The van der Waals surface area contributed by atoms with E-state index in [4.69, 9.17) is 0 Å². The molecule has 20 heavy (non-hydrogen) atoms. The Hall–Kier alpha value is -1.74. The van der Waals surface area contributed by atoms with Crippen molar-refractivity contribution in [2.75, 3.05) is 6.54 Å². The van der Waals surface area contributed by atoms with Crippen molar-refractivity contribution >= 4 is 0 Å². The third-order valence-corrected chi connectivity index (χ3v) is 3.60. The molecule has 0 bridgehead atoms. The van der Waals surface area contributed by atoms with Crippen molar-refractivity contribution in [3.63, 3.8) is 0 Å². The average Bonchev–Trinajstić information content (AvgIpc) is 2.42. The fraction of sp³-hybridized carbons (Fsp3) is 0.412. The number of nitrogens with zero attached hydrogens (tertiary/aromatic N) is 2. The number of aryl methyl sites for hydroxylation is 3. The Labute approximate surface area is 121 Å². The Morgan fingerprint density at radius 3 is 2.20 bits per heavy atom. The van der Waals surface area contributed by atoms with Crippen LogP contribution in [0.2, 0.25) is 0 Å². The molecule has 0 aliphatic carbocycles. The molecule has 106 valence electrons. The minimum atomic E-state index is 0.168. The molecule has 0 aliphatic rings. The quantitative estimate of drug-likeness (QED) is 0.905. The van der Waals surface area contributed by atoms with E-state index in [1.807, 2.05) is 18.5 Å². The number of nitrogens with one attached hydrogen (secondary N) is 1. The van der Waals surface area contributed by atoms with Crippen LogP contribution in [0.3, 0.4) is 0 Å². The lowest BCUT2D eigenvalue weighted by molar-refractivity contribution is 0.519. The van der Waals surface area contributed by atoms with Crippen molar-refractivity contribution in [2.45, 2.75) is 40.2 Å². The standard InChI is InChI=1S/C17H23N3/c1-5-18-16(17-19-7-6-8-20-17)11-15-13(3)9-12(2)10-14(15)4/h6-10,16,18H,5,11H2,1-4H3. The molecule has 1 aromatic carbocycles. The highest BCUT2D eigenvalue weighted by atomic mass is 15.0. The lowest BCUT2D eigenvalue weighted by Crippen LogP contribution is -2.25. The van der Waals surface area contributed by atoms with Crippen LogP contribution in [0.25, 0.3) is 0 Å². The third kappa shape index (κ3) is 3.42. The van der Waals surface area contributed by atoms with Gasteiger partial charge < -0.3 is 5.32 Å². The summed E-state index contributed by atoms with van der Waals surface area (Å²) in [6.45, 7) is 9.54. The van der Waals surface area contributed by atoms with Crippen molar-refractivity contribution in [3.8, 4) is 0 Å². The van der Waals surface area contributed by atoms with E-state index in [1.54, 1.807) is 0 Å². The smallest absolute Gasteiger partial charge is 0.145 e. The second-order valence-corrected chi connectivity index (χ2v) is 5.30. The molecule has 1 aromatic heterocycles. The molecule has 0 saturated carbocycles. The summed E-state index contributed by atoms with van der Waals surface area (Å²) in [6.07, 6.45) is 4.54. The first-order valence-electron chi connectivity index (χ1n) is 7.18. The van der Waals surface area contributed by atoms with Crippen molar-refractivity contribution in [3.05, 3.63) is 58.7 Å².